The SMILES string of the molecule is COc1cccc(CN(CCc2c[nH]c3ccccc23)Cc2nc(C(=O)NCC3CC3)co2)c1. The molecule has 2 N–H and O–H groups in total. The molecule has 7 nitrogen and oxygen atoms in total. The molecule has 2 aromatic heterocycles. The Balaban J connectivity index is 1.29. The first kappa shape index (κ1) is 22.2. The van der Waals surface area contributed by atoms with Gasteiger partial charge in [0.2, 0.25) is 5.89 Å². The molecule has 2 heterocycles. The van der Waals surface area contributed by atoms with E-state index in [9.17, 15) is 4.79 Å². The second kappa shape index (κ2) is 10.1. The van der Waals surface area contributed by atoms with Crippen molar-refractivity contribution in [2.24, 2.45) is 5.92 Å². The summed E-state index contributed by atoms with van der Waals surface area (Å²) in [5.41, 5.74) is 3.91. The number of aromatic amines is 1. The minimum atomic E-state index is -0.167. The van der Waals surface area contributed by atoms with Gasteiger partial charge in [-0.25, -0.2) is 4.98 Å². The van der Waals surface area contributed by atoms with E-state index in [0.29, 0.717) is 37.1 Å². The predicted octanol–water partition coefficient (Wildman–Crippen LogP) is 4.55. The molecule has 0 unspecified atom stereocenters. The van der Waals surface area contributed by atoms with Crippen molar-refractivity contribution in [2.45, 2.75) is 32.4 Å². The van der Waals surface area contributed by atoms with Crippen LogP contribution >= 0.6 is 0 Å². The van der Waals surface area contributed by atoms with Crippen molar-refractivity contribution in [3.05, 3.63) is 83.7 Å². The maximum atomic E-state index is 12.4. The van der Waals surface area contributed by atoms with Gasteiger partial charge in [-0.15, -0.1) is 0 Å². The van der Waals surface area contributed by atoms with Gasteiger partial charge in [0, 0.05) is 36.7 Å². The lowest BCUT2D eigenvalue weighted by atomic mass is 10.1. The maximum absolute atomic E-state index is 12.4. The van der Waals surface area contributed by atoms with Crippen LogP contribution in [0, 0.1) is 5.92 Å². The molecule has 4 aromatic rings. The minimum Gasteiger partial charge on any atom is -0.497 e. The van der Waals surface area contributed by atoms with Gasteiger partial charge in [0.25, 0.3) is 5.91 Å². The molecule has 2 aromatic carbocycles. The number of aromatic nitrogens is 2. The Morgan fingerprint density at radius 1 is 1.21 bits per heavy atom. The highest BCUT2D eigenvalue weighted by molar-refractivity contribution is 5.91. The van der Waals surface area contributed by atoms with E-state index in [0.717, 1.165) is 29.8 Å². The van der Waals surface area contributed by atoms with Crippen LogP contribution in [-0.4, -0.2) is 41.0 Å². The van der Waals surface area contributed by atoms with Crippen LogP contribution in [0.25, 0.3) is 10.9 Å². The van der Waals surface area contributed by atoms with Crippen molar-refractivity contribution in [1.29, 1.82) is 0 Å². The molecular formula is C27H30N4O3. The number of methoxy groups -OCH3 is 1. The number of ether oxygens (including phenoxy) is 1. The van der Waals surface area contributed by atoms with Crippen LogP contribution in [0.3, 0.4) is 0 Å². The molecule has 0 aliphatic heterocycles. The third-order valence-electron chi connectivity index (χ3n) is 6.30. The van der Waals surface area contributed by atoms with Gasteiger partial charge in [-0.3, -0.25) is 9.69 Å². The lowest BCUT2D eigenvalue weighted by Crippen LogP contribution is -2.27. The van der Waals surface area contributed by atoms with Crippen molar-refractivity contribution < 1.29 is 13.9 Å². The smallest absolute Gasteiger partial charge is 0.273 e. The molecule has 1 aliphatic carbocycles. The molecule has 1 amide bonds. The van der Waals surface area contributed by atoms with Crippen LogP contribution in [0.2, 0.25) is 0 Å². The maximum Gasteiger partial charge on any atom is 0.273 e. The van der Waals surface area contributed by atoms with Gasteiger partial charge in [0.15, 0.2) is 5.69 Å². The van der Waals surface area contributed by atoms with Crippen LogP contribution in [-0.2, 0) is 19.5 Å². The first-order chi connectivity index (χ1) is 16.7. The fourth-order valence-corrected chi connectivity index (χ4v) is 4.19. The highest BCUT2D eigenvalue weighted by Crippen LogP contribution is 2.27. The van der Waals surface area contributed by atoms with E-state index in [1.807, 2.05) is 24.3 Å². The Kier molecular flexibility index (Phi) is 6.62. The number of hydrogen-bond acceptors (Lipinski definition) is 5. The van der Waals surface area contributed by atoms with Crippen LogP contribution < -0.4 is 10.1 Å². The quantitative estimate of drug-likeness (QED) is 0.345. The standard InChI is InChI=1S/C27H30N4O3/c1-33-22-6-4-5-20(13-22)16-31(12-11-21-15-28-24-8-3-2-7-23(21)24)17-26-30-25(18-34-26)27(32)29-14-19-9-10-19/h2-8,13,15,18-19,28H,9-12,14,16-17H2,1H3,(H,29,32). The number of para-hydroxylation sites is 1. The molecule has 176 valence electrons. The fourth-order valence-electron chi connectivity index (χ4n) is 4.19. The van der Waals surface area contributed by atoms with E-state index in [1.165, 1.54) is 30.1 Å². The zero-order valence-corrected chi connectivity index (χ0v) is 19.4. The summed E-state index contributed by atoms with van der Waals surface area (Å²) in [4.78, 5) is 22.5. The summed E-state index contributed by atoms with van der Waals surface area (Å²) in [7, 11) is 1.68. The first-order valence-electron chi connectivity index (χ1n) is 11.8. The summed E-state index contributed by atoms with van der Waals surface area (Å²) in [6.07, 6.45) is 6.81. The third kappa shape index (κ3) is 5.48. The third-order valence-corrected chi connectivity index (χ3v) is 6.30. The average Bonchev–Trinajstić information content (AvgIpc) is 3.42. The molecule has 7 heteroatoms. The highest BCUT2D eigenvalue weighted by Gasteiger charge is 2.23. The predicted molar refractivity (Wildman–Crippen MR) is 131 cm³/mol. The zero-order chi connectivity index (χ0) is 23.3. The van der Waals surface area contributed by atoms with Gasteiger partial charge in [0.05, 0.1) is 13.7 Å². The van der Waals surface area contributed by atoms with Gasteiger partial charge in [-0.2, -0.15) is 0 Å². The topological polar surface area (TPSA) is 83.4 Å². The van der Waals surface area contributed by atoms with Gasteiger partial charge in [-0.05, 0) is 54.5 Å². The number of amides is 1. The lowest BCUT2D eigenvalue weighted by molar-refractivity contribution is 0.0946. The Morgan fingerprint density at radius 3 is 2.94 bits per heavy atom. The van der Waals surface area contributed by atoms with Gasteiger partial charge >= 0.3 is 0 Å². The van der Waals surface area contributed by atoms with Crippen molar-refractivity contribution >= 4 is 16.8 Å². The fraction of sp³-hybridized carbons (Fsp3) is 0.333. The molecule has 0 saturated heterocycles. The molecule has 34 heavy (non-hydrogen) atoms. The number of rotatable bonds is 11. The summed E-state index contributed by atoms with van der Waals surface area (Å²) in [5.74, 6) is 1.83. The van der Waals surface area contributed by atoms with E-state index in [4.69, 9.17) is 9.15 Å². The van der Waals surface area contributed by atoms with E-state index in [-0.39, 0.29) is 5.91 Å². The van der Waals surface area contributed by atoms with Crippen LogP contribution in [0.15, 0.2) is 65.4 Å². The molecular weight excluding hydrogens is 428 g/mol. The van der Waals surface area contributed by atoms with Crippen LogP contribution in [0.5, 0.6) is 5.75 Å². The highest BCUT2D eigenvalue weighted by atomic mass is 16.5. The van der Waals surface area contributed by atoms with Crippen molar-refractivity contribution in [3.8, 4) is 5.75 Å². The molecule has 1 fully saturated rings. The summed E-state index contributed by atoms with van der Waals surface area (Å²) >= 11 is 0. The summed E-state index contributed by atoms with van der Waals surface area (Å²) in [6.45, 7) is 2.75. The molecule has 0 atom stereocenters. The van der Waals surface area contributed by atoms with Gasteiger partial charge in [0.1, 0.15) is 12.0 Å². The number of H-pyrrole nitrogens is 1. The van der Waals surface area contributed by atoms with Crippen molar-refractivity contribution in [2.75, 3.05) is 20.2 Å². The Labute approximate surface area is 199 Å². The molecule has 0 bridgehead atoms. The number of carbonyl (C=O) groups is 1. The summed E-state index contributed by atoms with van der Waals surface area (Å²) < 4.78 is 11.1. The number of nitrogens with zero attached hydrogens (tertiary/aromatic N) is 2. The van der Waals surface area contributed by atoms with Crippen LogP contribution in [0.4, 0.5) is 0 Å². The molecule has 1 aliphatic rings. The Morgan fingerprint density at radius 2 is 2.09 bits per heavy atom. The average molecular weight is 459 g/mol. The van der Waals surface area contributed by atoms with Crippen molar-refractivity contribution in [3.63, 3.8) is 0 Å². The van der Waals surface area contributed by atoms with E-state index in [1.54, 1.807) is 7.11 Å². The largest absolute Gasteiger partial charge is 0.497 e. The number of carbonyl (C=O) groups excluding carboxylic acids is 1. The van der Waals surface area contributed by atoms with E-state index < -0.39 is 0 Å². The van der Waals surface area contributed by atoms with Gasteiger partial charge < -0.3 is 19.5 Å². The molecule has 1 saturated carbocycles. The molecule has 0 spiro atoms. The van der Waals surface area contributed by atoms with Crippen molar-refractivity contribution in [1.82, 2.24) is 20.2 Å². The number of fused-ring (bicyclic) bond motifs is 1. The normalized spacial score (nSPS) is 13.5. The number of nitrogens with one attached hydrogen (secondary N) is 2. The molecule has 0 radical (unpaired) electrons. The monoisotopic (exact) mass is 458 g/mol. The van der Waals surface area contributed by atoms with Crippen LogP contribution in [0.1, 0.15) is 40.3 Å². The second-order valence-corrected chi connectivity index (χ2v) is 8.95. The first-order valence-corrected chi connectivity index (χ1v) is 11.8. The number of benzene rings is 2. The Bertz CT molecular complexity index is 1260. The summed E-state index contributed by atoms with van der Waals surface area (Å²) in [6, 6.07) is 16.4. The second-order valence-electron chi connectivity index (χ2n) is 8.95. The van der Waals surface area contributed by atoms with E-state index >= 15 is 0 Å². The van der Waals surface area contributed by atoms with Gasteiger partial charge in [-0.1, -0.05) is 30.3 Å². The molecule has 5 rings (SSSR count). The zero-order valence-electron chi connectivity index (χ0n) is 19.4. The minimum absolute atomic E-state index is 0.167. The summed E-state index contributed by atoms with van der Waals surface area (Å²) in [5, 5.41) is 4.19. The lowest BCUT2D eigenvalue weighted by Gasteiger charge is -2.21. The Hall–Kier alpha value is -3.58. The number of hydrogen-bond donors (Lipinski definition) is 2. The van der Waals surface area contributed by atoms with E-state index in [2.05, 4.69) is 50.6 Å². The number of oxazole rings is 1.